The lowest BCUT2D eigenvalue weighted by Gasteiger charge is -2.09. The number of hydrogen-bond acceptors (Lipinski definition) is 3. The van der Waals surface area contributed by atoms with E-state index in [1.54, 1.807) is 18.3 Å². The minimum absolute atomic E-state index is 0.270. The highest BCUT2D eigenvalue weighted by Gasteiger charge is 2.32. The predicted molar refractivity (Wildman–Crippen MR) is 104 cm³/mol. The first-order valence-electron chi connectivity index (χ1n) is 9.16. The van der Waals surface area contributed by atoms with Gasteiger partial charge in [0.15, 0.2) is 0 Å². The van der Waals surface area contributed by atoms with Gasteiger partial charge in [0.2, 0.25) is 6.41 Å². The second-order valence-corrected chi connectivity index (χ2v) is 7.07. The highest BCUT2D eigenvalue weighted by molar-refractivity contribution is 5.84. The van der Waals surface area contributed by atoms with Gasteiger partial charge >= 0.3 is 0 Å². The molecule has 1 aliphatic rings. The van der Waals surface area contributed by atoms with Crippen molar-refractivity contribution in [1.29, 1.82) is 0 Å². The quantitative estimate of drug-likeness (QED) is 0.537. The number of carbonyl (C=O) groups is 1. The van der Waals surface area contributed by atoms with Crippen LogP contribution in [0.1, 0.15) is 24.5 Å². The van der Waals surface area contributed by atoms with Gasteiger partial charge in [-0.1, -0.05) is 0 Å². The zero-order chi connectivity index (χ0) is 19.3. The number of carbonyl (C=O) groups excluding carboxylic acids is 1. The standard InChI is InChI=1S/C21H18FN5O/c1-26-21(14-2-3-14)19(20(25-26)13-4-7-16(22)8-5-13)15-6-9-17-23-10-18(24-12-28)27(17)11-15/h4-12,14H,2-3H2,1H3,(H,24,28). The third-order valence-electron chi connectivity index (χ3n) is 5.17. The van der Waals surface area contributed by atoms with Crippen molar-refractivity contribution in [2.75, 3.05) is 5.32 Å². The molecular weight excluding hydrogens is 357 g/mol. The van der Waals surface area contributed by atoms with Crippen molar-refractivity contribution in [3.05, 3.63) is 60.3 Å². The molecule has 3 aromatic heterocycles. The van der Waals surface area contributed by atoms with Gasteiger partial charge in [-0.05, 0) is 49.2 Å². The Morgan fingerprint density at radius 3 is 2.61 bits per heavy atom. The number of anilines is 1. The van der Waals surface area contributed by atoms with Crippen LogP contribution in [0.5, 0.6) is 0 Å². The van der Waals surface area contributed by atoms with E-state index < -0.39 is 0 Å². The van der Waals surface area contributed by atoms with Crippen LogP contribution in [0.15, 0.2) is 48.8 Å². The maximum absolute atomic E-state index is 13.4. The predicted octanol–water partition coefficient (Wildman–Crippen LogP) is 3.99. The third kappa shape index (κ3) is 2.67. The smallest absolute Gasteiger partial charge is 0.212 e. The fourth-order valence-corrected chi connectivity index (χ4v) is 3.75. The molecule has 140 valence electrons. The van der Waals surface area contributed by atoms with E-state index in [1.165, 1.54) is 17.8 Å². The Morgan fingerprint density at radius 1 is 1.14 bits per heavy atom. The number of pyridine rings is 1. The third-order valence-corrected chi connectivity index (χ3v) is 5.17. The molecule has 1 aromatic carbocycles. The Kier molecular flexibility index (Phi) is 3.75. The molecule has 1 saturated carbocycles. The summed E-state index contributed by atoms with van der Waals surface area (Å²) in [5.74, 6) is 0.813. The van der Waals surface area contributed by atoms with Crippen molar-refractivity contribution in [2.45, 2.75) is 18.8 Å². The first-order chi connectivity index (χ1) is 13.7. The molecule has 28 heavy (non-hydrogen) atoms. The van der Waals surface area contributed by atoms with E-state index in [2.05, 4.69) is 10.3 Å². The number of aryl methyl sites for hydroxylation is 1. The average Bonchev–Trinajstić information content (AvgIpc) is 3.37. The SMILES string of the molecule is Cn1nc(-c2ccc(F)cc2)c(-c2ccc3ncc(NC=O)n3c2)c1C1CC1. The number of hydrogen-bond donors (Lipinski definition) is 1. The summed E-state index contributed by atoms with van der Waals surface area (Å²) in [6.45, 7) is 0. The molecule has 7 heteroatoms. The van der Waals surface area contributed by atoms with Crippen LogP contribution in [0, 0.1) is 5.82 Å². The Balaban J connectivity index is 1.74. The lowest BCUT2D eigenvalue weighted by molar-refractivity contribution is -0.105. The normalized spacial score (nSPS) is 13.8. The fourth-order valence-electron chi connectivity index (χ4n) is 3.75. The molecule has 0 radical (unpaired) electrons. The van der Waals surface area contributed by atoms with E-state index in [1.807, 2.05) is 34.5 Å². The summed E-state index contributed by atoms with van der Waals surface area (Å²) in [6, 6.07) is 10.4. The molecule has 0 spiro atoms. The first-order valence-corrected chi connectivity index (χ1v) is 9.16. The van der Waals surface area contributed by atoms with Crippen molar-refractivity contribution in [2.24, 2.45) is 7.05 Å². The maximum atomic E-state index is 13.4. The van der Waals surface area contributed by atoms with Crippen LogP contribution in [0.25, 0.3) is 28.0 Å². The number of fused-ring (bicyclic) bond motifs is 1. The van der Waals surface area contributed by atoms with Gasteiger partial charge in [0.05, 0.1) is 6.20 Å². The van der Waals surface area contributed by atoms with Crippen LogP contribution in [0.2, 0.25) is 0 Å². The molecular formula is C21H18FN5O. The molecule has 0 aliphatic heterocycles. The van der Waals surface area contributed by atoms with E-state index in [0.29, 0.717) is 18.1 Å². The van der Waals surface area contributed by atoms with Crippen LogP contribution < -0.4 is 5.32 Å². The van der Waals surface area contributed by atoms with E-state index in [4.69, 9.17) is 5.10 Å². The Hall–Kier alpha value is -3.48. The van der Waals surface area contributed by atoms with Crippen molar-refractivity contribution in [1.82, 2.24) is 19.2 Å². The number of nitrogens with zero attached hydrogens (tertiary/aromatic N) is 4. The fraction of sp³-hybridized carbons (Fsp3) is 0.190. The van der Waals surface area contributed by atoms with Crippen LogP contribution in [-0.4, -0.2) is 25.6 Å². The highest BCUT2D eigenvalue weighted by atomic mass is 19.1. The highest BCUT2D eigenvalue weighted by Crippen LogP contribution is 2.47. The van der Waals surface area contributed by atoms with Crippen molar-refractivity contribution in [3.8, 4) is 22.4 Å². The second kappa shape index (κ2) is 6.30. The topological polar surface area (TPSA) is 64.2 Å². The number of rotatable bonds is 5. The minimum Gasteiger partial charge on any atom is -0.313 e. The van der Waals surface area contributed by atoms with Gasteiger partial charge in [-0.3, -0.25) is 13.9 Å². The van der Waals surface area contributed by atoms with E-state index in [-0.39, 0.29) is 5.82 Å². The molecule has 4 aromatic rings. The van der Waals surface area contributed by atoms with Crippen LogP contribution in [0.4, 0.5) is 10.2 Å². The summed E-state index contributed by atoms with van der Waals surface area (Å²) in [5, 5.41) is 7.45. The van der Waals surface area contributed by atoms with Gasteiger partial charge in [-0.15, -0.1) is 0 Å². The lowest BCUT2D eigenvalue weighted by atomic mass is 9.98. The van der Waals surface area contributed by atoms with Crippen molar-refractivity contribution >= 4 is 17.9 Å². The van der Waals surface area contributed by atoms with Gasteiger partial charge in [0.1, 0.15) is 23.0 Å². The largest absolute Gasteiger partial charge is 0.313 e. The molecule has 5 rings (SSSR count). The summed E-state index contributed by atoms with van der Waals surface area (Å²) in [4.78, 5) is 15.2. The Bertz CT molecular complexity index is 1190. The Morgan fingerprint density at radius 2 is 1.89 bits per heavy atom. The zero-order valence-electron chi connectivity index (χ0n) is 15.3. The van der Waals surface area contributed by atoms with Crippen molar-refractivity contribution < 1.29 is 9.18 Å². The van der Waals surface area contributed by atoms with Gasteiger partial charge < -0.3 is 5.32 Å². The molecule has 0 saturated heterocycles. The summed E-state index contributed by atoms with van der Waals surface area (Å²) >= 11 is 0. The summed E-state index contributed by atoms with van der Waals surface area (Å²) in [7, 11) is 1.96. The van der Waals surface area contributed by atoms with Crippen LogP contribution in [0.3, 0.4) is 0 Å². The number of aromatic nitrogens is 4. The lowest BCUT2D eigenvalue weighted by Crippen LogP contribution is -1.99. The number of nitrogens with one attached hydrogen (secondary N) is 1. The molecule has 0 unspecified atom stereocenters. The van der Waals surface area contributed by atoms with E-state index in [0.717, 1.165) is 40.9 Å². The van der Waals surface area contributed by atoms with Gasteiger partial charge in [0, 0.05) is 41.5 Å². The average molecular weight is 375 g/mol. The number of halogens is 1. The molecule has 1 amide bonds. The molecule has 0 bridgehead atoms. The molecule has 1 aliphatic carbocycles. The molecule has 3 heterocycles. The van der Waals surface area contributed by atoms with E-state index in [9.17, 15) is 9.18 Å². The Labute approximate surface area is 160 Å². The number of amides is 1. The molecule has 0 atom stereocenters. The van der Waals surface area contributed by atoms with Crippen molar-refractivity contribution in [3.63, 3.8) is 0 Å². The van der Waals surface area contributed by atoms with Crippen LogP contribution >= 0.6 is 0 Å². The van der Waals surface area contributed by atoms with Gasteiger partial charge in [-0.2, -0.15) is 5.10 Å². The summed E-state index contributed by atoms with van der Waals surface area (Å²) in [5.41, 5.74) is 5.65. The van der Waals surface area contributed by atoms with Gasteiger partial charge in [0.25, 0.3) is 0 Å². The molecule has 1 fully saturated rings. The minimum atomic E-state index is -0.270. The van der Waals surface area contributed by atoms with Crippen LogP contribution in [-0.2, 0) is 11.8 Å². The summed E-state index contributed by atoms with van der Waals surface area (Å²) < 4.78 is 17.2. The molecule has 1 N–H and O–H groups in total. The summed E-state index contributed by atoms with van der Waals surface area (Å²) in [6.07, 6.45) is 6.50. The monoisotopic (exact) mass is 375 g/mol. The zero-order valence-corrected chi connectivity index (χ0v) is 15.3. The van der Waals surface area contributed by atoms with E-state index >= 15 is 0 Å². The number of imidazole rings is 1. The first kappa shape index (κ1) is 16.7. The maximum Gasteiger partial charge on any atom is 0.212 e. The second-order valence-electron chi connectivity index (χ2n) is 7.07. The molecule has 6 nitrogen and oxygen atoms in total. The number of benzene rings is 1. The van der Waals surface area contributed by atoms with Gasteiger partial charge in [-0.25, -0.2) is 9.37 Å².